The van der Waals surface area contributed by atoms with Gasteiger partial charge in [-0.15, -0.1) is 0 Å². The number of nitrogens with zero attached hydrogens (tertiary/aromatic N) is 2. The van der Waals surface area contributed by atoms with Crippen LogP contribution >= 0.6 is 0 Å². The zero-order valence-electron chi connectivity index (χ0n) is 13.3. The lowest BCUT2D eigenvalue weighted by molar-refractivity contribution is -0.132. The van der Waals surface area contributed by atoms with E-state index in [1.807, 2.05) is 0 Å². The van der Waals surface area contributed by atoms with Crippen molar-refractivity contribution in [3.8, 4) is 0 Å². The Morgan fingerprint density at radius 3 is 2.37 bits per heavy atom. The molecule has 0 aromatic heterocycles. The van der Waals surface area contributed by atoms with Gasteiger partial charge in [-0.1, -0.05) is 34.1 Å². The van der Waals surface area contributed by atoms with Crippen LogP contribution in [0.15, 0.2) is 0 Å². The topological polar surface area (TPSA) is 35.6 Å². The lowest BCUT2D eigenvalue weighted by atomic mass is 10.2. The highest BCUT2D eigenvalue weighted by Crippen LogP contribution is 2.20. The molecular weight excluding hydrogens is 238 g/mol. The van der Waals surface area contributed by atoms with Crippen molar-refractivity contribution in [1.82, 2.24) is 15.1 Å². The molecule has 0 aromatic carbocycles. The minimum atomic E-state index is 0.0238. The molecule has 0 aliphatic carbocycles. The summed E-state index contributed by atoms with van der Waals surface area (Å²) in [5.41, 5.74) is 0. The summed E-state index contributed by atoms with van der Waals surface area (Å²) in [7, 11) is 0. The Balaban J connectivity index is 2.72. The zero-order valence-corrected chi connectivity index (χ0v) is 13.3. The molecule has 1 saturated heterocycles. The van der Waals surface area contributed by atoms with Gasteiger partial charge in [-0.25, -0.2) is 0 Å². The highest BCUT2D eigenvalue weighted by atomic mass is 16.2. The van der Waals surface area contributed by atoms with Crippen LogP contribution in [0.5, 0.6) is 0 Å². The van der Waals surface area contributed by atoms with Gasteiger partial charge in [0.15, 0.2) is 0 Å². The number of amides is 1. The molecule has 4 heteroatoms. The van der Waals surface area contributed by atoms with Crippen LogP contribution in [0.25, 0.3) is 0 Å². The number of nitrogens with one attached hydrogen (secondary N) is 1. The molecule has 3 unspecified atom stereocenters. The minimum Gasteiger partial charge on any atom is -0.322 e. The Hall–Kier alpha value is -0.610. The Morgan fingerprint density at radius 1 is 1.26 bits per heavy atom. The summed E-state index contributed by atoms with van der Waals surface area (Å²) in [5, 5.41) is 3.49. The standard InChI is InChI=1S/C15H31N3O/c1-6-10-14-16-13(7-2)15(19)18(14)12(5)11-17(8-3)9-4/h12-14,16H,6-11H2,1-5H3. The summed E-state index contributed by atoms with van der Waals surface area (Å²) >= 11 is 0. The van der Waals surface area contributed by atoms with Gasteiger partial charge in [0.2, 0.25) is 5.91 Å². The van der Waals surface area contributed by atoms with Crippen LogP contribution in [0.3, 0.4) is 0 Å². The summed E-state index contributed by atoms with van der Waals surface area (Å²) in [6.07, 6.45) is 3.27. The van der Waals surface area contributed by atoms with Gasteiger partial charge in [-0.3, -0.25) is 10.1 Å². The van der Waals surface area contributed by atoms with E-state index in [2.05, 4.69) is 49.7 Å². The summed E-state index contributed by atoms with van der Waals surface area (Å²) in [4.78, 5) is 16.9. The average Bonchev–Trinajstić information content (AvgIpc) is 2.72. The van der Waals surface area contributed by atoms with Crippen LogP contribution in [-0.4, -0.2) is 53.6 Å². The van der Waals surface area contributed by atoms with Crippen LogP contribution in [0.2, 0.25) is 0 Å². The fraction of sp³-hybridized carbons (Fsp3) is 0.933. The van der Waals surface area contributed by atoms with E-state index in [0.717, 1.165) is 38.9 Å². The third-order valence-corrected chi connectivity index (χ3v) is 4.14. The molecule has 1 fully saturated rings. The quantitative estimate of drug-likeness (QED) is 0.732. The smallest absolute Gasteiger partial charge is 0.241 e. The maximum Gasteiger partial charge on any atom is 0.241 e. The van der Waals surface area contributed by atoms with E-state index in [0.29, 0.717) is 5.91 Å². The predicted octanol–water partition coefficient (Wildman–Crippen LogP) is 2.05. The molecule has 0 bridgehead atoms. The first kappa shape index (κ1) is 16.4. The monoisotopic (exact) mass is 269 g/mol. The molecule has 0 radical (unpaired) electrons. The number of hydrogen-bond acceptors (Lipinski definition) is 3. The van der Waals surface area contributed by atoms with E-state index in [4.69, 9.17) is 0 Å². The Kier molecular flexibility index (Phi) is 6.80. The van der Waals surface area contributed by atoms with Crippen molar-refractivity contribution < 1.29 is 4.79 Å². The highest BCUT2D eigenvalue weighted by molar-refractivity contribution is 5.84. The van der Waals surface area contributed by atoms with Gasteiger partial charge in [-0.2, -0.15) is 0 Å². The molecule has 1 N–H and O–H groups in total. The molecule has 19 heavy (non-hydrogen) atoms. The average molecular weight is 269 g/mol. The van der Waals surface area contributed by atoms with Gasteiger partial charge in [0.05, 0.1) is 12.2 Å². The van der Waals surface area contributed by atoms with Crippen molar-refractivity contribution in [2.45, 2.75) is 72.1 Å². The second kappa shape index (κ2) is 7.85. The lowest BCUT2D eigenvalue weighted by Crippen LogP contribution is -2.48. The number of likely N-dealkylation sites (N-methyl/N-ethyl adjacent to an activating group) is 1. The van der Waals surface area contributed by atoms with Crippen LogP contribution in [0.1, 0.15) is 53.9 Å². The van der Waals surface area contributed by atoms with E-state index < -0.39 is 0 Å². The number of carbonyl (C=O) groups is 1. The SMILES string of the molecule is CCCC1NC(CC)C(=O)N1C(C)CN(CC)CC. The maximum atomic E-state index is 12.5. The first-order valence-electron chi connectivity index (χ1n) is 7.89. The van der Waals surface area contributed by atoms with Crippen LogP contribution in [0.4, 0.5) is 0 Å². The molecule has 1 heterocycles. The molecule has 112 valence electrons. The molecule has 4 nitrogen and oxygen atoms in total. The van der Waals surface area contributed by atoms with Gasteiger partial charge in [0.1, 0.15) is 0 Å². The number of hydrogen-bond donors (Lipinski definition) is 1. The van der Waals surface area contributed by atoms with E-state index >= 15 is 0 Å². The molecule has 1 rings (SSSR count). The third-order valence-electron chi connectivity index (χ3n) is 4.14. The summed E-state index contributed by atoms with van der Waals surface area (Å²) in [6, 6.07) is 0.309. The molecular formula is C15H31N3O. The van der Waals surface area contributed by atoms with Crippen molar-refractivity contribution >= 4 is 5.91 Å². The summed E-state index contributed by atoms with van der Waals surface area (Å²) < 4.78 is 0. The van der Waals surface area contributed by atoms with Gasteiger partial charge in [0.25, 0.3) is 0 Å². The van der Waals surface area contributed by atoms with Crippen molar-refractivity contribution in [3.05, 3.63) is 0 Å². The van der Waals surface area contributed by atoms with E-state index in [-0.39, 0.29) is 18.2 Å². The highest BCUT2D eigenvalue weighted by Gasteiger charge is 2.39. The Morgan fingerprint density at radius 2 is 1.89 bits per heavy atom. The fourth-order valence-corrected chi connectivity index (χ4v) is 2.97. The lowest BCUT2D eigenvalue weighted by Gasteiger charge is -2.33. The summed E-state index contributed by atoms with van der Waals surface area (Å²) in [5.74, 6) is 0.292. The van der Waals surface area contributed by atoms with E-state index in [9.17, 15) is 4.79 Å². The predicted molar refractivity (Wildman–Crippen MR) is 80.0 cm³/mol. The fourth-order valence-electron chi connectivity index (χ4n) is 2.97. The third kappa shape index (κ3) is 3.93. The van der Waals surface area contributed by atoms with Gasteiger partial charge >= 0.3 is 0 Å². The first-order valence-corrected chi connectivity index (χ1v) is 7.89. The van der Waals surface area contributed by atoms with Crippen molar-refractivity contribution in [3.63, 3.8) is 0 Å². The van der Waals surface area contributed by atoms with E-state index in [1.54, 1.807) is 0 Å². The second-order valence-corrected chi connectivity index (χ2v) is 5.51. The van der Waals surface area contributed by atoms with Crippen molar-refractivity contribution in [2.24, 2.45) is 0 Å². The molecule has 0 spiro atoms. The summed E-state index contributed by atoms with van der Waals surface area (Å²) in [6.45, 7) is 13.9. The van der Waals surface area contributed by atoms with E-state index in [1.165, 1.54) is 0 Å². The minimum absolute atomic E-state index is 0.0238. The maximum absolute atomic E-state index is 12.5. The molecule has 1 amide bonds. The van der Waals surface area contributed by atoms with Crippen molar-refractivity contribution in [1.29, 1.82) is 0 Å². The largest absolute Gasteiger partial charge is 0.322 e. The number of carbonyl (C=O) groups excluding carboxylic acids is 1. The zero-order chi connectivity index (χ0) is 14.4. The van der Waals surface area contributed by atoms with Gasteiger partial charge < -0.3 is 9.80 Å². The van der Waals surface area contributed by atoms with Gasteiger partial charge in [-0.05, 0) is 32.9 Å². The Labute approximate surface area is 118 Å². The molecule has 0 aromatic rings. The molecule has 3 atom stereocenters. The van der Waals surface area contributed by atoms with Gasteiger partial charge in [0, 0.05) is 12.6 Å². The van der Waals surface area contributed by atoms with Crippen molar-refractivity contribution in [2.75, 3.05) is 19.6 Å². The number of rotatable bonds is 8. The first-order chi connectivity index (χ1) is 9.08. The molecule has 0 saturated carbocycles. The normalized spacial score (nSPS) is 25.4. The molecule has 1 aliphatic rings. The van der Waals surface area contributed by atoms with Crippen LogP contribution in [-0.2, 0) is 4.79 Å². The Bertz CT molecular complexity index is 279. The van der Waals surface area contributed by atoms with Crippen LogP contribution in [0, 0.1) is 0 Å². The van der Waals surface area contributed by atoms with Crippen LogP contribution < -0.4 is 5.32 Å². The molecule has 1 aliphatic heterocycles. The second-order valence-electron chi connectivity index (χ2n) is 5.51.